The zero-order valence-corrected chi connectivity index (χ0v) is 25.1. The third-order valence-electron chi connectivity index (χ3n) is 9.62. The van der Waals surface area contributed by atoms with E-state index in [2.05, 4.69) is 10.6 Å². The second-order valence-corrected chi connectivity index (χ2v) is 13.0. The van der Waals surface area contributed by atoms with Gasteiger partial charge in [0.25, 0.3) is 5.91 Å². The number of carbonyl (C=O) groups excluding carboxylic acids is 5. The normalized spacial score (nSPS) is 28.2. The number of hydrogen-bond donors (Lipinski definition) is 3. The number of nitrogens with two attached hydrogens (primary N) is 1. The van der Waals surface area contributed by atoms with Crippen LogP contribution in [0.3, 0.4) is 0 Å². The lowest BCUT2D eigenvalue weighted by Crippen LogP contribution is -2.60. The number of benzene rings is 1. The summed E-state index contributed by atoms with van der Waals surface area (Å²) in [5.74, 6) is -3.50. The Balaban J connectivity index is 1.34. The average Bonchev–Trinajstić information content (AvgIpc) is 3.40. The molecule has 2 saturated heterocycles. The molecule has 0 aromatic heterocycles. The highest BCUT2D eigenvalue weighted by atomic mass is 19.1. The van der Waals surface area contributed by atoms with E-state index in [1.54, 1.807) is 0 Å². The molecule has 5 rings (SSSR count). The maximum absolute atomic E-state index is 14.2. The fourth-order valence-corrected chi connectivity index (χ4v) is 6.81. The molecule has 43 heavy (non-hydrogen) atoms. The summed E-state index contributed by atoms with van der Waals surface area (Å²) in [4.78, 5) is 69.2. The van der Waals surface area contributed by atoms with E-state index in [4.69, 9.17) is 15.2 Å². The van der Waals surface area contributed by atoms with E-state index in [1.165, 1.54) is 29.0 Å². The van der Waals surface area contributed by atoms with Crippen molar-refractivity contribution in [3.63, 3.8) is 0 Å². The van der Waals surface area contributed by atoms with Gasteiger partial charge in [-0.2, -0.15) is 0 Å². The molecule has 0 radical (unpaired) electrons. The van der Waals surface area contributed by atoms with Gasteiger partial charge in [-0.15, -0.1) is 0 Å². The SMILES string of the molecule is CC(C)C(NC(=O)[C@@H]1CCOC1)C(=O)N1CC2C(C1C(=O)N(C)C(C[C@@H]1Oc3ccc(F)cc3NC1=O)C(N)=O)C2(C)C. The highest BCUT2D eigenvalue weighted by Crippen LogP contribution is 2.65. The molecular weight excluding hydrogens is 561 g/mol. The van der Waals surface area contributed by atoms with Gasteiger partial charge in [0.2, 0.25) is 23.6 Å². The van der Waals surface area contributed by atoms with Crippen molar-refractivity contribution in [3.8, 4) is 5.75 Å². The van der Waals surface area contributed by atoms with Gasteiger partial charge in [0.05, 0.1) is 18.2 Å². The largest absolute Gasteiger partial charge is 0.478 e. The predicted octanol–water partition coefficient (Wildman–Crippen LogP) is 0.888. The minimum Gasteiger partial charge on any atom is -0.478 e. The minimum absolute atomic E-state index is 0.0712. The number of primary amides is 1. The van der Waals surface area contributed by atoms with Crippen LogP contribution < -0.4 is 21.1 Å². The molecule has 3 heterocycles. The van der Waals surface area contributed by atoms with Crippen LogP contribution in [0.1, 0.15) is 40.5 Å². The highest BCUT2D eigenvalue weighted by molar-refractivity contribution is 5.99. The van der Waals surface area contributed by atoms with Gasteiger partial charge in [-0.3, -0.25) is 24.0 Å². The molecule has 3 fully saturated rings. The Hall–Kier alpha value is -3.74. The number of ether oxygens (including phenoxy) is 2. The summed E-state index contributed by atoms with van der Waals surface area (Å²) in [6.07, 6.45) is -0.831. The number of hydrogen-bond acceptors (Lipinski definition) is 7. The zero-order chi connectivity index (χ0) is 31.4. The zero-order valence-electron chi connectivity index (χ0n) is 25.1. The minimum atomic E-state index is -1.23. The van der Waals surface area contributed by atoms with Crippen LogP contribution in [0.15, 0.2) is 18.2 Å². The first kappa shape index (κ1) is 30.7. The van der Waals surface area contributed by atoms with Gasteiger partial charge < -0.3 is 35.6 Å². The Morgan fingerprint density at radius 1 is 1.26 bits per heavy atom. The van der Waals surface area contributed by atoms with Crippen LogP contribution in [0.2, 0.25) is 0 Å². The number of carbonyl (C=O) groups is 5. The Morgan fingerprint density at radius 3 is 2.60 bits per heavy atom. The maximum Gasteiger partial charge on any atom is 0.265 e. The van der Waals surface area contributed by atoms with Gasteiger partial charge in [0, 0.05) is 32.7 Å². The summed E-state index contributed by atoms with van der Waals surface area (Å²) < 4.78 is 24.7. The topological polar surface area (TPSA) is 160 Å². The smallest absolute Gasteiger partial charge is 0.265 e. The van der Waals surface area contributed by atoms with E-state index in [0.717, 1.165) is 6.07 Å². The van der Waals surface area contributed by atoms with Crippen LogP contribution in [0, 0.1) is 34.9 Å². The lowest BCUT2D eigenvalue weighted by molar-refractivity contribution is -0.151. The molecule has 1 aromatic carbocycles. The predicted molar refractivity (Wildman–Crippen MR) is 152 cm³/mol. The van der Waals surface area contributed by atoms with E-state index < -0.39 is 47.8 Å². The molecule has 1 aliphatic carbocycles. The number of halogens is 1. The van der Waals surface area contributed by atoms with Crippen LogP contribution in [0.5, 0.6) is 5.75 Å². The van der Waals surface area contributed by atoms with Crippen LogP contribution in [0.4, 0.5) is 10.1 Å². The second-order valence-electron chi connectivity index (χ2n) is 13.0. The number of likely N-dealkylation sites (N-methyl/N-ethyl adjacent to an activating group) is 1. The van der Waals surface area contributed by atoms with Crippen molar-refractivity contribution >= 4 is 35.2 Å². The van der Waals surface area contributed by atoms with Gasteiger partial charge in [-0.25, -0.2) is 4.39 Å². The first-order valence-corrected chi connectivity index (χ1v) is 14.7. The molecule has 13 heteroatoms. The van der Waals surface area contributed by atoms with Gasteiger partial charge in [0.1, 0.15) is 29.7 Å². The van der Waals surface area contributed by atoms with Gasteiger partial charge in [0.15, 0.2) is 6.10 Å². The molecular formula is C30H40FN5O7. The summed E-state index contributed by atoms with van der Waals surface area (Å²) in [5, 5.41) is 5.46. The fraction of sp³-hybridized carbons (Fsp3) is 0.633. The molecule has 4 aliphatic rings. The number of anilines is 1. The van der Waals surface area contributed by atoms with Crippen molar-refractivity contribution < 1.29 is 37.8 Å². The monoisotopic (exact) mass is 601 g/mol. The third-order valence-corrected chi connectivity index (χ3v) is 9.62. The maximum atomic E-state index is 14.2. The van der Waals surface area contributed by atoms with Gasteiger partial charge >= 0.3 is 0 Å². The van der Waals surface area contributed by atoms with E-state index >= 15 is 0 Å². The molecule has 12 nitrogen and oxygen atoms in total. The summed E-state index contributed by atoms with van der Waals surface area (Å²) in [6.45, 7) is 8.89. The molecule has 1 aromatic rings. The molecule has 7 atom stereocenters. The van der Waals surface area contributed by atoms with Crippen molar-refractivity contribution in [2.45, 2.75) is 64.8 Å². The standard InChI is InChI=1S/C30H40FN5O7/c1-14(2)23(34-26(38)15-8-9-42-13-15)28(40)36-12-17-22(30(17,3)4)24(36)29(41)35(5)19(25(32)37)11-21-27(39)33-18-10-16(31)6-7-20(18)43-21/h6-7,10,14-15,17,19,21-24H,8-9,11-13H2,1-5H3,(H2,32,37)(H,33,39)(H,34,38)/t15-,17?,19?,21+,22?,23?,24?/m1/s1. The molecule has 5 amide bonds. The van der Waals surface area contributed by atoms with Crippen LogP contribution in [0.25, 0.3) is 0 Å². The molecule has 4 N–H and O–H groups in total. The molecule has 3 aliphatic heterocycles. The molecule has 0 bridgehead atoms. The van der Waals surface area contributed by atoms with Crippen LogP contribution >= 0.6 is 0 Å². The van der Waals surface area contributed by atoms with Crippen molar-refractivity contribution in [2.24, 2.45) is 34.8 Å². The Labute approximate surface area is 249 Å². The number of nitrogens with zero attached hydrogens (tertiary/aromatic N) is 2. The molecule has 1 saturated carbocycles. The Morgan fingerprint density at radius 2 is 1.98 bits per heavy atom. The Bertz CT molecular complexity index is 1330. The first-order valence-electron chi connectivity index (χ1n) is 14.7. The molecule has 234 valence electrons. The van der Waals surface area contributed by atoms with Crippen molar-refractivity contribution in [2.75, 3.05) is 32.1 Å². The lowest BCUT2D eigenvalue weighted by atomic mass is 9.96. The van der Waals surface area contributed by atoms with Crippen molar-refractivity contribution in [1.82, 2.24) is 15.1 Å². The number of piperidine rings is 1. The summed E-state index contributed by atoms with van der Waals surface area (Å²) in [6, 6.07) is 0.724. The number of amides is 5. The Kier molecular flexibility index (Phi) is 8.14. The van der Waals surface area contributed by atoms with Crippen LogP contribution in [-0.2, 0) is 28.7 Å². The van der Waals surface area contributed by atoms with Crippen molar-refractivity contribution in [1.29, 1.82) is 0 Å². The van der Waals surface area contributed by atoms with E-state index in [0.29, 0.717) is 26.2 Å². The number of likely N-dealkylation sites (tertiary alicyclic amines) is 1. The third kappa shape index (κ3) is 5.66. The summed E-state index contributed by atoms with van der Waals surface area (Å²) in [7, 11) is 1.43. The number of nitrogens with one attached hydrogen (secondary N) is 2. The molecule has 0 spiro atoms. The second kappa shape index (κ2) is 11.4. The average molecular weight is 602 g/mol. The fourth-order valence-electron chi connectivity index (χ4n) is 6.81. The van der Waals surface area contributed by atoms with E-state index in [9.17, 15) is 28.4 Å². The number of rotatable bonds is 9. The lowest BCUT2D eigenvalue weighted by Gasteiger charge is -2.38. The highest BCUT2D eigenvalue weighted by Gasteiger charge is 2.70. The van der Waals surface area contributed by atoms with Crippen LogP contribution in [-0.4, -0.2) is 90.4 Å². The van der Waals surface area contributed by atoms with Gasteiger partial charge in [-0.05, 0) is 41.7 Å². The summed E-state index contributed by atoms with van der Waals surface area (Å²) >= 11 is 0. The van der Waals surface area contributed by atoms with Gasteiger partial charge in [-0.1, -0.05) is 27.7 Å². The summed E-state index contributed by atoms with van der Waals surface area (Å²) in [5.41, 5.74) is 5.70. The van der Waals surface area contributed by atoms with E-state index in [1.807, 2.05) is 27.7 Å². The number of fused-ring (bicyclic) bond motifs is 2. The van der Waals surface area contributed by atoms with E-state index in [-0.39, 0.29) is 58.8 Å². The van der Waals surface area contributed by atoms with Crippen molar-refractivity contribution in [3.05, 3.63) is 24.0 Å². The molecule has 5 unspecified atom stereocenters. The first-order chi connectivity index (χ1) is 20.2. The quantitative estimate of drug-likeness (QED) is 0.379.